The predicted octanol–water partition coefficient (Wildman–Crippen LogP) is 6.59. The number of Topliss-reactive ketones (excluding diaryl/α,β-unsaturated/α-hetero) is 1. The maximum atomic E-state index is 14.9. The zero-order chi connectivity index (χ0) is 23.9. The highest BCUT2D eigenvalue weighted by atomic mass is 35.5. The van der Waals surface area contributed by atoms with E-state index in [9.17, 15) is 15.3 Å². The van der Waals surface area contributed by atoms with E-state index in [1.54, 1.807) is 11.3 Å². The number of anilines is 1. The van der Waals surface area contributed by atoms with Crippen LogP contribution in [0.5, 0.6) is 0 Å². The minimum absolute atomic E-state index is 0.265. The van der Waals surface area contributed by atoms with Gasteiger partial charge >= 0.3 is 0 Å². The van der Waals surface area contributed by atoms with Gasteiger partial charge < -0.3 is 4.90 Å². The van der Waals surface area contributed by atoms with Gasteiger partial charge in [-0.2, -0.15) is 21.9 Å². The van der Waals surface area contributed by atoms with E-state index in [-0.39, 0.29) is 11.2 Å². The van der Waals surface area contributed by atoms with E-state index < -0.39 is 23.4 Å². The number of thiophene rings is 1. The molecule has 4 saturated carbocycles. The molecule has 2 aliphatic heterocycles. The molecular formula is C29H26ClN3OS. The third kappa shape index (κ3) is 2.86. The lowest BCUT2D eigenvalue weighted by Gasteiger charge is -2.57. The number of carbonyl (C=O) groups is 1. The van der Waals surface area contributed by atoms with E-state index in [0.717, 1.165) is 36.1 Å². The van der Waals surface area contributed by atoms with Crippen molar-refractivity contribution in [3.8, 4) is 12.1 Å². The van der Waals surface area contributed by atoms with Crippen molar-refractivity contribution in [3.05, 3.63) is 57.3 Å². The maximum Gasteiger partial charge on any atom is 0.176 e. The molecule has 8 rings (SSSR count). The van der Waals surface area contributed by atoms with Gasteiger partial charge in [0.1, 0.15) is 0 Å². The molecule has 1 aromatic carbocycles. The summed E-state index contributed by atoms with van der Waals surface area (Å²) < 4.78 is 0. The zero-order valence-corrected chi connectivity index (χ0v) is 20.9. The number of fused-ring (bicyclic) bond motifs is 3. The average molecular weight is 500 g/mol. The van der Waals surface area contributed by atoms with Gasteiger partial charge in [0.15, 0.2) is 11.2 Å². The maximum absolute atomic E-state index is 14.9. The summed E-state index contributed by atoms with van der Waals surface area (Å²) in [5.41, 5.74) is 1.09. The second kappa shape index (κ2) is 7.45. The molecule has 0 N–H and O–H groups in total. The Labute approximate surface area is 214 Å². The summed E-state index contributed by atoms with van der Waals surface area (Å²) in [6.07, 6.45) is 10.6. The molecule has 1 saturated heterocycles. The van der Waals surface area contributed by atoms with Gasteiger partial charge in [-0.1, -0.05) is 23.8 Å². The van der Waals surface area contributed by atoms with Crippen LogP contribution < -0.4 is 4.90 Å². The van der Waals surface area contributed by atoms with Crippen LogP contribution in [-0.4, -0.2) is 17.9 Å². The Hall–Kier alpha value is -2.60. The van der Waals surface area contributed by atoms with Gasteiger partial charge in [0, 0.05) is 22.0 Å². The lowest BCUT2D eigenvalue weighted by atomic mass is 9.47. The normalized spacial score (nSPS) is 37.4. The topological polar surface area (TPSA) is 67.9 Å². The van der Waals surface area contributed by atoms with Crippen molar-refractivity contribution in [1.29, 1.82) is 10.5 Å². The van der Waals surface area contributed by atoms with Crippen LogP contribution >= 0.6 is 22.9 Å². The standard InChI is InChI=1S/C29H26ClN3OS/c30-22-2-3-23-20(10-22)1-4-24-29(15-31,16-32)25(21-5-6-35-14-21)26(33(23)24)27(34)28-11-17-7-18(12-28)9-19(8-17)13-28/h1-6,10,14,17-19,24-26H,7-9,11-13H2/t17?,18?,19?,24-,25+,26+,28?/m1/s1. The van der Waals surface area contributed by atoms with E-state index in [0.29, 0.717) is 22.8 Å². The van der Waals surface area contributed by atoms with Crippen LogP contribution in [0.15, 0.2) is 41.1 Å². The number of nitrogens with zero attached hydrogens (tertiary/aromatic N) is 3. The molecule has 35 heavy (non-hydrogen) atoms. The second-order valence-corrected chi connectivity index (χ2v) is 12.8. The number of hydrogen-bond donors (Lipinski definition) is 0. The minimum Gasteiger partial charge on any atom is -0.351 e. The third-order valence-corrected chi connectivity index (χ3v) is 10.6. The van der Waals surface area contributed by atoms with Gasteiger partial charge in [-0.25, -0.2) is 0 Å². The molecule has 2 aromatic rings. The van der Waals surface area contributed by atoms with Crippen LogP contribution in [0.1, 0.15) is 55.6 Å². The van der Waals surface area contributed by atoms with Crippen LogP contribution in [0.25, 0.3) is 6.08 Å². The van der Waals surface area contributed by atoms with E-state index in [4.69, 9.17) is 11.6 Å². The van der Waals surface area contributed by atoms with Crippen LogP contribution in [0.2, 0.25) is 5.02 Å². The van der Waals surface area contributed by atoms with E-state index in [1.165, 1.54) is 19.3 Å². The molecular weight excluding hydrogens is 474 g/mol. The molecule has 0 unspecified atom stereocenters. The van der Waals surface area contributed by atoms with Gasteiger partial charge in [-0.15, -0.1) is 0 Å². The molecule has 5 fully saturated rings. The van der Waals surface area contributed by atoms with Crippen molar-refractivity contribution < 1.29 is 4.79 Å². The molecule has 4 bridgehead atoms. The van der Waals surface area contributed by atoms with Crippen molar-refractivity contribution in [2.45, 2.75) is 56.5 Å². The summed E-state index contributed by atoms with van der Waals surface area (Å²) in [5.74, 6) is 1.70. The fourth-order valence-electron chi connectivity index (χ4n) is 8.82. The number of halogens is 1. The largest absolute Gasteiger partial charge is 0.351 e. The van der Waals surface area contributed by atoms with Crippen molar-refractivity contribution in [2.24, 2.45) is 28.6 Å². The lowest BCUT2D eigenvalue weighted by molar-refractivity contribution is -0.145. The monoisotopic (exact) mass is 499 g/mol. The van der Waals surface area contributed by atoms with E-state index in [2.05, 4.69) is 17.0 Å². The predicted molar refractivity (Wildman–Crippen MR) is 137 cm³/mol. The van der Waals surface area contributed by atoms with Gasteiger partial charge in [-0.3, -0.25) is 4.79 Å². The highest BCUT2D eigenvalue weighted by Crippen LogP contribution is 2.63. The van der Waals surface area contributed by atoms with E-state index >= 15 is 0 Å². The lowest BCUT2D eigenvalue weighted by Crippen LogP contribution is -2.56. The van der Waals surface area contributed by atoms with Crippen molar-refractivity contribution >= 4 is 40.5 Å². The Bertz CT molecular complexity index is 1280. The number of rotatable bonds is 3. The molecule has 3 atom stereocenters. The fraction of sp³-hybridized carbons (Fsp3) is 0.483. The number of hydrogen-bond acceptors (Lipinski definition) is 5. The van der Waals surface area contributed by atoms with Crippen molar-refractivity contribution in [3.63, 3.8) is 0 Å². The number of benzene rings is 1. The molecule has 4 aliphatic carbocycles. The summed E-state index contributed by atoms with van der Waals surface area (Å²) in [6.45, 7) is 0. The first-order chi connectivity index (χ1) is 17.0. The van der Waals surface area contributed by atoms with Gasteiger partial charge in [0.25, 0.3) is 0 Å². The number of ketones is 1. The first-order valence-corrected chi connectivity index (χ1v) is 13.9. The Balaban J connectivity index is 1.44. The summed E-state index contributed by atoms with van der Waals surface area (Å²) in [7, 11) is 0. The number of nitriles is 2. The first kappa shape index (κ1) is 21.7. The Morgan fingerprint density at radius 1 is 1.06 bits per heavy atom. The fourth-order valence-corrected chi connectivity index (χ4v) is 9.69. The molecule has 0 radical (unpaired) electrons. The number of carbonyl (C=O) groups excluding carboxylic acids is 1. The van der Waals surface area contributed by atoms with Crippen molar-refractivity contribution in [2.75, 3.05) is 4.90 Å². The smallest absolute Gasteiger partial charge is 0.176 e. The Morgan fingerprint density at radius 3 is 2.34 bits per heavy atom. The molecule has 4 nitrogen and oxygen atoms in total. The molecule has 0 spiro atoms. The third-order valence-electron chi connectivity index (χ3n) is 9.70. The minimum atomic E-state index is -1.35. The van der Waals surface area contributed by atoms with Crippen LogP contribution in [0.3, 0.4) is 0 Å². The highest BCUT2D eigenvalue weighted by Gasteiger charge is 2.67. The quantitative estimate of drug-likeness (QED) is 0.477. The molecule has 3 heterocycles. The summed E-state index contributed by atoms with van der Waals surface area (Å²) >= 11 is 7.89. The summed E-state index contributed by atoms with van der Waals surface area (Å²) in [5, 5.41) is 25.8. The molecule has 1 aromatic heterocycles. The molecule has 6 aliphatic rings. The molecule has 0 amide bonds. The average Bonchev–Trinajstić information content (AvgIpc) is 3.47. The van der Waals surface area contributed by atoms with Gasteiger partial charge in [0.05, 0.1) is 24.2 Å². The van der Waals surface area contributed by atoms with Crippen LogP contribution in [-0.2, 0) is 4.79 Å². The highest BCUT2D eigenvalue weighted by molar-refractivity contribution is 7.08. The first-order valence-electron chi connectivity index (χ1n) is 12.6. The molecule has 176 valence electrons. The van der Waals surface area contributed by atoms with Gasteiger partial charge in [0.2, 0.25) is 0 Å². The zero-order valence-electron chi connectivity index (χ0n) is 19.4. The van der Waals surface area contributed by atoms with Crippen molar-refractivity contribution in [1.82, 2.24) is 0 Å². The van der Waals surface area contributed by atoms with Crippen LogP contribution in [0, 0.1) is 51.2 Å². The summed E-state index contributed by atoms with van der Waals surface area (Å²) in [4.78, 5) is 17.1. The van der Waals surface area contributed by atoms with Gasteiger partial charge in [-0.05, 0) is 102 Å². The SMILES string of the molecule is N#CC1(C#N)[C@@H](c2ccsc2)[C@@H](C(=O)C23CC4CC(CC(C4)C2)C3)N2c3ccc(Cl)cc3C=C[C@@H]21. The summed E-state index contributed by atoms with van der Waals surface area (Å²) in [6, 6.07) is 11.6. The molecule has 6 heteroatoms. The van der Waals surface area contributed by atoms with Crippen LogP contribution in [0.4, 0.5) is 5.69 Å². The van der Waals surface area contributed by atoms with E-state index in [1.807, 2.05) is 47.2 Å². The Kier molecular flexibility index (Phi) is 4.61. The second-order valence-electron chi connectivity index (χ2n) is 11.5. The Morgan fingerprint density at radius 2 is 1.74 bits per heavy atom.